The van der Waals surface area contributed by atoms with Gasteiger partial charge in [-0.3, -0.25) is 0 Å². The quantitative estimate of drug-likeness (QED) is 0.821. The highest BCUT2D eigenvalue weighted by atomic mass is 35.5. The predicted octanol–water partition coefficient (Wildman–Crippen LogP) is 2.67. The molecule has 0 aliphatic heterocycles. The molecule has 0 amide bonds. The molecule has 0 heterocycles. The lowest BCUT2D eigenvalue weighted by Gasteiger charge is -2.05. The summed E-state index contributed by atoms with van der Waals surface area (Å²) < 4.78 is 12.2. The van der Waals surface area contributed by atoms with E-state index in [-0.39, 0.29) is 0 Å². The standard InChI is InChI=1S/C12H11ClN2OS/c13-8-1-3-9(4-2-8)17(16)10-5-6-11(14)12(15)7-10/h1-7H,14-15H2. The van der Waals surface area contributed by atoms with Crippen LogP contribution in [-0.2, 0) is 10.8 Å². The van der Waals surface area contributed by atoms with Crippen molar-refractivity contribution < 1.29 is 4.21 Å². The van der Waals surface area contributed by atoms with E-state index in [0.29, 0.717) is 26.2 Å². The summed E-state index contributed by atoms with van der Waals surface area (Å²) in [6.45, 7) is 0. The van der Waals surface area contributed by atoms with E-state index in [9.17, 15) is 4.21 Å². The van der Waals surface area contributed by atoms with Gasteiger partial charge in [0.1, 0.15) is 0 Å². The molecular weight excluding hydrogens is 256 g/mol. The topological polar surface area (TPSA) is 69.1 Å². The van der Waals surface area contributed by atoms with E-state index in [1.165, 1.54) is 0 Å². The van der Waals surface area contributed by atoms with E-state index in [0.717, 1.165) is 0 Å². The minimum Gasteiger partial charge on any atom is -0.397 e. The van der Waals surface area contributed by atoms with Crippen LogP contribution < -0.4 is 11.5 Å². The maximum atomic E-state index is 12.2. The molecule has 2 aromatic rings. The minimum absolute atomic E-state index is 0.435. The van der Waals surface area contributed by atoms with Gasteiger partial charge in [0.05, 0.1) is 22.2 Å². The Balaban J connectivity index is 2.37. The SMILES string of the molecule is Nc1ccc(S(=O)c2ccc(Cl)cc2)cc1N. The number of halogens is 1. The summed E-state index contributed by atoms with van der Waals surface area (Å²) in [6, 6.07) is 11.8. The first-order chi connectivity index (χ1) is 8.08. The average Bonchev–Trinajstić information content (AvgIpc) is 2.33. The lowest BCUT2D eigenvalue weighted by Crippen LogP contribution is -1.98. The molecule has 3 nitrogen and oxygen atoms in total. The van der Waals surface area contributed by atoms with Crippen molar-refractivity contribution in [3.05, 3.63) is 47.5 Å². The van der Waals surface area contributed by atoms with Gasteiger partial charge in [-0.2, -0.15) is 0 Å². The first-order valence-electron chi connectivity index (χ1n) is 4.90. The number of nitrogen functional groups attached to an aromatic ring is 2. The average molecular weight is 267 g/mol. The Hall–Kier alpha value is -1.52. The molecule has 4 N–H and O–H groups in total. The molecule has 0 bridgehead atoms. The van der Waals surface area contributed by atoms with Crippen LogP contribution in [0.3, 0.4) is 0 Å². The number of hydrogen-bond donors (Lipinski definition) is 2. The summed E-state index contributed by atoms with van der Waals surface area (Å²) >= 11 is 5.77. The Morgan fingerprint density at radius 1 is 0.882 bits per heavy atom. The van der Waals surface area contributed by atoms with Crippen molar-refractivity contribution in [3.63, 3.8) is 0 Å². The van der Waals surface area contributed by atoms with Crippen molar-refractivity contribution >= 4 is 33.8 Å². The van der Waals surface area contributed by atoms with Gasteiger partial charge in [0, 0.05) is 14.8 Å². The first kappa shape index (κ1) is 12.0. The zero-order valence-electron chi connectivity index (χ0n) is 8.89. The summed E-state index contributed by atoms with van der Waals surface area (Å²) in [7, 11) is -1.27. The van der Waals surface area contributed by atoms with Gasteiger partial charge in [0.15, 0.2) is 0 Å². The van der Waals surface area contributed by atoms with E-state index in [4.69, 9.17) is 23.1 Å². The van der Waals surface area contributed by atoms with Crippen LogP contribution >= 0.6 is 11.6 Å². The Morgan fingerprint density at radius 3 is 2.06 bits per heavy atom. The molecular formula is C12H11ClN2OS. The lowest BCUT2D eigenvalue weighted by atomic mass is 10.3. The summed E-state index contributed by atoms with van der Waals surface area (Å²) in [5.41, 5.74) is 12.2. The van der Waals surface area contributed by atoms with Gasteiger partial charge in [-0.25, -0.2) is 4.21 Å². The van der Waals surface area contributed by atoms with Crippen LogP contribution in [-0.4, -0.2) is 4.21 Å². The normalized spacial score (nSPS) is 12.3. The second kappa shape index (κ2) is 4.77. The number of rotatable bonds is 2. The second-order valence-electron chi connectivity index (χ2n) is 3.51. The smallest absolute Gasteiger partial charge is 0.0850 e. The Labute approximate surface area is 107 Å². The van der Waals surface area contributed by atoms with Gasteiger partial charge in [-0.1, -0.05) is 11.6 Å². The summed E-state index contributed by atoms with van der Waals surface area (Å²) in [4.78, 5) is 1.30. The van der Waals surface area contributed by atoms with E-state index in [2.05, 4.69) is 0 Å². The van der Waals surface area contributed by atoms with E-state index >= 15 is 0 Å². The Bertz CT molecular complexity index is 569. The fraction of sp³-hybridized carbons (Fsp3) is 0. The van der Waals surface area contributed by atoms with Gasteiger partial charge >= 0.3 is 0 Å². The van der Waals surface area contributed by atoms with Crippen LogP contribution in [0.5, 0.6) is 0 Å². The Kier molecular flexibility index (Phi) is 3.36. The maximum Gasteiger partial charge on any atom is 0.0850 e. The molecule has 0 aliphatic rings. The summed E-state index contributed by atoms with van der Waals surface area (Å²) in [5, 5.41) is 0.613. The van der Waals surface area contributed by atoms with Crippen molar-refractivity contribution in [1.29, 1.82) is 0 Å². The monoisotopic (exact) mass is 266 g/mol. The van der Waals surface area contributed by atoms with Crippen LogP contribution in [0.15, 0.2) is 52.3 Å². The van der Waals surface area contributed by atoms with Gasteiger partial charge in [-0.05, 0) is 42.5 Å². The molecule has 0 aliphatic carbocycles. The van der Waals surface area contributed by atoms with Crippen molar-refractivity contribution in [3.8, 4) is 0 Å². The maximum absolute atomic E-state index is 12.2. The third-order valence-corrected chi connectivity index (χ3v) is 3.93. The highest BCUT2D eigenvalue weighted by molar-refractivity contribution is 7.85. The van der Waals surface area contributed by atoms with E-state index in [1.807, 2.05) is 0 Å². The van der Waals surface area contributed by atoms with Crippen LogP contribution in [0.25, 0.3) is 0 Å². The number of hydrogen-bond acceptors (Lipinski definition) is 3. The molecule has 0 saturated carbocycles. The summed E-state index contributed by atoms with van der Waals surface area (Å²) in [6.07, 6.45) is 0. The third-order valence-electron chi connectivity index (χ3n) is 2.30. The van der Waals surface area contributed by atoms with E-state index < -0.39 is 10.8 Å². The van der Waals surface area contributed by atoms with Crippen LogP contribution in [0.1, 0.15) is 0 Å². The minimum atomic E-state index is -1.27. The fourth-order valence-electron chi connectivity index (χ4n) is 1.36. The third kappa shape index (κ3) is 2.60. The van der Waals surface area contributed by atoms with Crippen molar-refractivity contribution in [2.24, 2.45) is 0 Å². The molecule has 2 rings (SSSR count). The number of anilines is 2. The highest BCUT2D eigenvalue weighted by Crippen LogP contribution is 2.23. The van der Waals surface area contributed by atoms with Gasteiger partial charge in [0.25, 0.3) is 0 Å². The molecule has 1 unspecified atom stereocenters. The van der Waals surface area contributed by atoms with Crippen molar-refractivity contribution in [1.82, 2.24) is 0 Å². The van der Waals surface area contributed by atoms with Crippen molar-refractivity contribution in [2.75, 3.05) is 11.5 Å². The van der Waals surface area contributed by atoms with Gasteiger partial charge < -0.3 is 11.5 Å². The van der Waals surface area contributed by atoms with Crippen LogP contribution in [0.2, 0.25) is 5.02 Å². The zero-order valence-corrected chi connectivity index (χ0v) is 10.5. The molecule has 5 heteroatoms. The van der Waals surface area contributed by atoms with Crippen LogP contribution in [0, 0.1) is 0 Å². The first-order valence-corrected chi connectivity index (χ1v) is 6.43. The molecule has 0 spiro atoms. The molecule has 2 aromatic carbocycles. The number of benzene rings is 2. The zero-order chi connectivity index (χ0) is 12.4. The molecule has 88 valence electrons. The van der Waals surface area contributed by atoms with E-state index in [1.54, 1.807) is 42.5 Å². The molecule has 0 aromatic heterocycles. The Morgan fingerprint density at radius 2 is 1.47 bits per heavy atom. The molecule has 1 atom stereocenters. The lowest BCUT2D eigenvalue weighted by molar-refractivity contribution is 0.683. The fourth-order valence-corrected chi connectivity index (χ4v) is 2.57. The molecule has 0 fully saturated rings. The predicted molar refractivity (Wildman–Crippen MR) is 71.4 cm³/mol. The summed E-state index contributed by atoms with van der Waals surface area (Å²) in [5.74, 6) is 0. The molecule has 17 heavy (non-hydrogen) atoms. The molecule has 0 saturated heterocycles. The largest absolute Gasteiger partial charge is 0.397 e. The van der Waals surface area contributed by atoms with Gasteiger partial charge in [-0.15, -0.1) is 0 Å². The van der Waals surface area contributed by atoms with Crippen LogP contribution in [0.4, 0.5) is 11.4 Å². The van der Waals surface area contributed by atoms with Crippen molar-refractivity contribution in [2.45, 2.75) is 9.79 Å². The molecule has 0 radical (unpaired) electrons. The number of nitrogens with two attached hydrogens (primary N) is 2. The van der Waals surface area contributed by atoms with Gasteiger partial charge in [0.2, 0.25) is 0 Å². The highest BCUT2D eigenvalue weighted by Gasteiger charge is 2.08. The second-order valence-corrected chi connectivity index (χ2v) is 5.43.